The summed E-state index contributed by atoms with van der Waals surface area (Å²) in [6.07, 6.45) is 1.82. The van der Waals surface area contributed by atoms with Crippen molar-refractivity contribution in [1.82, 2.24) is 4.90 Å². The van der Waals surface area contributed by atoms with Crippen molar-refractivity contribution < 1.29 is 13.3 Å². The van der Waals surface area contributed by atoms with E-state index in [1.54, 1.807) is 0 Å². The number of benzene rings is 1. The normalized spacial score (nSPS) is 24.0. The quantitative estimate of drug-likeness (QED) is 0.754. The van der Waals surface area contributed by atoms with E-state index < -0.39 is 9.84 Å². The summed E-state index contributed by atoms with van der Waals surface area (Å²) in [6.45, 7) is 5.81. The average Bonchev–Trinajstić information content (AvgIpc) is 2.95. The van der Waals surface area contributed by atoms with Gasteiger partial charge in [0.05, 0.1) is 31.9 Å². The number of anilines is 1. The van der Waals surface area contributed by atoms with E-state index in [2.05, 4.69) is 29.3 Å². The molecule has 1 aromatic rings. The van der Waals surface area contributed by atoms with Crippen molar-refractivity contribution in [2.24, 2.45) is 0 Å². The van der Waals surface area contributed by atoms with Gasteiger partial charge in [-0.1, -0.05) is 19.1 Å². The molecule has 0 aliphatic carbocycles. The highest BCUT2D eigenvalue weighted by Gasteiger charge is 2.37. The van der Waals surface area contributed by atoms with Crippen LogP contribution in [-0.4, -0.2) is 62.2 Å². The fourth-order valence-corrected chi connectivity index (χ4v) is 5.72. The molecule has 0 bridgehead atoms. The van der Waals surface area contributed by atoms with Crippen LogP contribution in [0, 0.1) is 0 Å². The van der Waals surface area contributed by atoms with Crippen molar-refractivity contribution in [2.45, 2.75) is 25.8 Å². The Balaban J connectivity index is 1.52. The van der Waals surface area contributed by atoms with E-state index in [0.29, 0.717) is 11.5 Å². The molecule has 2 heterocycles. The highest BCUT2D eigenvalue weighted by molar-refractivity contribution is 7.91. The van der Waals surface area contributed by atoms with Gasteiger partial charge in [-0.15, -0.1) is 0 Å². The maximum Gasteiger partial charge on any atom is 0.173 e. The molecule has 2 aliphatic heterocycles. The molecule has 2 aliphatic rings. The lowest BCUT2D eigenvalue weighted by Gasteiger charge is -2.36. The molecular formula is C17H26N3O2S2+. The fraction of sp³-hybridized carbons (Fsp3) is 0.588. The van der Waals surface area contributed by atoms with Crippen molar-refractivity contribution in [3.05, 3.63) is 29.8 Å². The van der Waals surface area contributed by atoms with E-state index in [9.17, 15) is 8.42 Å². The minimum atomic E-state index is -2.79. The van der Waals surface area contributed by atoms with Gasteiger partial charge in [0.15, 0.2) is 14.9 Å². The first-order chi connectivity index (χ1) is 11.5. The summed E-state index contributed by atoms with van der Waals surface area (Å²) in [5.41, 5.74) is 2.33. The zero-order chi connectivity index (χ0) is 17.2. The molecule has 7 heteroatoms. The average molecular weight is 369 g/mol. The highest BCUT2D eigenvalue weighted by atomic mass is 32.2. The second-order valence-corrected chi connectivity index (χ2v) is 9.34. The van der Waals surface area contributed by atoms with Crippen LogP contribution in [-0.2, 0) is 16.3 Å². The number of hydrogen-bond acceptors (Lipinski definition) is 3. The molecule has 0 aromatic heterocycles. The summed E-state index contributed by atoms with van der Waals surface area (Å²) < 4.78 is 23.3. The lowest BCUT2D eigenvalue weighted by Crippen LogP contribution is -3.18. The van der Waals surface area contributed by atoms with Gasteiger partial charge in [-0.2, -0.15) is 0 Å². The van der Waals surface area contributed by atoms with Crippen molar-refractivity contribution in [1.29, 1.82) is 0 Å². The summed E-state index contributed by atoms with van der Waals surface area (Å²) in [6, 6.07) is 8.62. The second-order valence-electron chi connectivity index (χ2n) is 6.73. The van der Waals surface area contributed by atoms with E-state index in [1.165, 1.54) is 10.5 Å². The van der Waals surface area contributed by atoms with Crippen molar-refractivity contribution in [2.75, 3.05) is 43.0 Å². The number of quaternary nitrogens is 1. The molecule has 5 nitrogen and oxygen atoms in total. The Morgan fingerprint density at radius 1 is 1.38 bits per heavy atom. The molecule has 1 atom stereocenters. The standard InChI is InChI=1S/C17H25N3O2S2/c1-2-14-4-3-5-15(12-14)18-17(23)20-9-7-19(8-10-20)16-6-11-24(21,22)13-16/h3-5,12,16H,2,6-11,13H2,1H3,(H,18,23)/p+1/t16-/m1/s1. The number of hydrogen-bond donors (Lipinski definition) is 2. The number of nitrogens with zero attached hydrogens (tertiary/aromatic N) is 1. The minimum absolute atomic E-state index is 0.278. The maximum absolute atomic E-state index is 11.7. The molecule has 132 valence electrons. The Morgan fingerprint density at radius 2 is 2.12 bits per heavy atom. The van der Waals surface area contributed by atoms with Crippen molar-refractivity contribution in [3.8, 4) is 0 Å². The Labute approximate surface area is 149 Å². The first-order valence-electron chi connectivity index (χ1n) is 8.67. The second kappa shape index (κ2) is 7.37. The van der Waals surface area contributed by atoms with Crippen LogP contribution in [0.1, 0.15) is 18.9 Å². The number of thiocarbonyl (C=S) groups is 1. The molecule has 0 amide bonds. The molecule has 0 spiro atoms. The maximum atomic E-state index is 11.7. The largest absolute Gasteiger partial charge is 0.338 e. The van der Waals surface area contributed by atoms with Gasteiger partial charge in [0.1, 0.15) is 11.8 Å². The molecule has 0 unspecified atom stereocenters. The molecule has 3 rings (SSSR count). The fourth-order valence-electron chi connectivity index (χ4n) is 3.59. The first-order valence-corrected chi connectivity index (χ1v) is 10.9. The van der Waals surface area contributed by atoms with Gasteiger partial charge in [0, 0.05) is 12.1 Å². The van der Waals surface area contributed by atoms with E-state index in [1.807, 2.05) is 12.1 Å². The number of aryl methyl sites for hydroxylation is 1. The van der Waals surface area contributed by atoms with Crippen LogP contribution in [0.15, 0.2) is 24.3 Å². The van der Waals surface area contributed by atoms with Gasteiger partial charge in [-0.25, -0.2) is 8.42 Å². The van der Waals surface area contributed by atoms with Crippen LogP contribution >= 0.6 is 12.2 Å². The summed E-state index contributed by atoms with van der Waals surface area (Å²) in [5.74, 6) is 0.716. The molecule has 2 fully saturated rings. The lowest BCUT2D eigenvalue weighted by atomic mass is 10.1. The Hall–Kier alpha value is -1.18. The molecule has 0 radical (unpaired) electrons. The van der Waals surface area contributed by atoms with Gasteiger partial charge in [-0.3, -0.25) is 0 Å². The van der Waals surface area contributed by atoms with Gasteiger partial charge >= 0.3 is 0 Å². The Bertz CT molecular complexity index is 698. The number of nitrogens with one attached hydrogen (secondary N) is 2. The predicted octanol–water partition coefficient (Wildman–Crippen LogP) is 0.333. The van der Waals surface area contributed by atoms with Crippen molar-refractivity contribution >= 4 is 32.9 Å². The van der Waals surface area contributed by atoms with Gasteiger partial charge in [0.25, 0.3) is 0 Å². The van der Waals surface area contributed by atoms with Gasteiger partial charge in [-0.05, 0) is 36.3 Å². The Kier molecular flexibility index (Phi) is 5.42. The van der Waals surface area contributed by atoms with E-state index in [-0.39, 0.29) is 6.04 Å². The third-order valence-corrected chi connectivity index (χ3v) is 7.22. The topological polar surface area (TPSA) is 53.9 Å². The summed E-state index contributed by atoms with van der Waals surface area (Å²) in [5, 5.41) is 4.10. The smallest absolute Gasteiger partial charge is 0.173 e. The van der Waals surface area contributed by atoms with Crippen LogP contribution in [0.25, 0.3) is 0 Å². The van der Waals surface area contributed by atoms with E-state index >= 15 is 0 Å². The van der Waals surface area contributed by atoms with Crippen molar-refractivity contribution in [3.63, 3.8) is 0 Å². The SMILES string of the molecule is CCc1cccc(NC(=S)N2CC[NH+]([C@@H]3CCS(=O)(=O)C3)CC2)c1. The van der Waals surface area contributed by atoms with Crippen LogP contribution < -0.4 is 10.2 Å². The number of rotatable bonds is 3. The first kappa shape index (κ1) is 17.6. The van der Waals surface area contributed by atoms with Crippen LogP contribution in [0.5, 0.6) is 0 Å². The molecular weight excluding hydrogens is 342 g/mol. The summed E-state index contributed by atoms with van der Waals surface area (Å²) in [7, 11) is -2.79. The summed E-state index contributed by atoms with van der Waals surface area (Å²) >= 11 is 5.56. The zero-order valence-corrected chi connectivity index (χ0v) is 15.8. The van der Waals surface area contributed by atoms with E-state index in [0.717, 1.165) is 49.8 Å². The minimum Gasteiger partial charge on any atom is -0.338 e. The van der Waals surface area contributed by atoms with E-state index in [4.69, 9.17) is 12.2 Å². The van der Waals surface area contributed by atoms with Crippen LogP contribution in [0.4, 0.5) is 5.69 Å². The number of piperazine rings is 1. The summed E-state index contributed by atoms with van der Waals surface area (Å²) in [4.78, 5) is 3.61. The van der Waals surface area contributed by atoms with Gasteiger partial charge < -0.3 is 15.1 Å². The van der Waals surface area contributed by atoms with Gasteiger partial charge in [0.2, 0.25) is 0 Å². The molecule has 2 N–H and O–H groups in total. The predicted molar refractivity (Wildman–Crippen MR) is 101 cm³/mol. The third kappa shape index (κ3) is 4.26. The zero-order valence-electron chi connectivity index (χ0n) is 14.1. The number of sulfone groups is 1. The molecule has 0 saturated carbocycles. The third-order valence-electron chi connectivity index (χ3n) is 5.09. The monoisotopic (exact) mass is 368 g/mol. The highest BCUT2D eigenvalue weighted by Crippen LogP contribution is 2.13. The molecule has 1 aromatic carbocycles. The van der Waals surface area contributed by atoms with Crippen LogP contribution in [0.2, 0.25) is 0 Å². The van der Waals surface area contributed by atoms with Crippen LogP contribution in [0.3, 0.4) is 0 Å². The molecule has 24 heavy (non-hydrogen) atoms. The Morgan fingerprint density at radius 3 is 2.75 bits per heavy atom. The lowest BCUT2D eigenvalue weighted by molar-refractivity contribution is -0.925. The molecule has 2 saturated heterocycles.